The van der Waals surface area contributed by atoms with Gasteiger partial charge in [-0.3, -0.25) is 14.6 Å². The third-order valence-electron chi connectivity index (χ3n) is 4.61. The van der Waals surface area contributed by atoms with E-state index in [4.69, 9.17) is 5.11 Å². The van der Waals surface area contributed by atoms with Gasteiger partial charge in [0.15, 0.2) is 0 Å². The van der Waals surface area contributed by atoms with Crippen LogP contribution in [0.1, 0.15) is 18.1 Å². The number of hydrogen-bond donors (Lipinski definition) is 2. The number of carbonyl (C=O) groups is 1. The molecule has 0 radical (unpaired) electrons. The van der Waals surface area contributed by atoms with Crippen LogP contribution < -0.4 is 5.32 Å². The maximum atomic E-state index is 12.5. The number of anilines is 1. The van der Waals surface area contributed by atoms with Crippen LogP contribution >= 0.6 is 0 Å². The van der Waals surface area contributed by atoms with Gasteiger partial charge in [-0.05, 0) is 38.0 Å². The molecule has 122 valence electrons. The van der Waals surface area contributed by atoms with Crippen molar-refractivity contribution >= 4 is 11.6 Å². The summed E-state index contributed by atoms with van der Waals surface area (Å²) in [7, 11) is 0. The molecule has 1 unspecified atom stereocenters. The summed E-state index contributed by atoms with van der Waals surface area (Å²) in [5.41, 5.74) is 3.20. The Hall–Kier alpha value is -1.43. The van der Waals surface area contributed by atoms with Crippen LogP contribution in [-0.4, -0.2) is 66.2 Å². The highest BCUT2D eigenvalue weighted by molar-refractivity contribution is 5.95. The number of nitrogens with zero attached hydrogens (tertiary/aromatic N) is 2. The van der Waals surface area contributed by atoms with Crippen LogP contribution in [0.15, 0.2) is 18.2 Å². The second kappa shape index (κ2) is 7.72. The van der Waals surface area contributed by atoms with E-state index in [0.717, 1.165) is 44.0 Å². The van der Waals surface area contributed by atoms with Crippen LogP contribution in [0.2, 0.25) is 0 Å². The van der Waals surface area contributed by atoms with Crippen molar-refractivity contribution in [3.8, 4) is 0 Å². The Kier molecular flexibility index (Phi) is 5.94. The predicted octanol–water partition coefficient (Wildman–Crippen LogP) is 1.24. The summed E-state index contributed by atoms with van der Waals surface area (Å²) in [6, 6.07) is 5.83. The summed E-state index contributed by atoms with van der Waals surface area (Å²) >= 11 is 0. The summed E-state index contributed by atoms with van der Waals surface area (Å²) in [6.07, 6.45) is 0. The average molecular weight is 305 g/mol. The van der Waals surface area contributed by atoms with Crippen LogP contribution in [0, 0.1) is 13.8 Å². The zero-order valence-electron chi connectivity index (χ0n) is 13.8. The molecule has 1 fully saturated rings. The minimum Gasteiger partial charge on any atom is -0.395 e. The summed E-state index contributed by atoms with van der Waals surface area (Å²) in [6.45, 7) is 10.5. The lowest BCUT2D eigenvalue weighted by Gasteiger charge is -2.37. The van der Waals surface area contributed by atoms with Crippen molar-refractivity contribution in [1.82, 2.24) is 9.80 Å². The van der Waals surface area contributed by atoms with E-state index in [2.05, 4.69) is 28.1 Å². The fraction of sp³-hybridized carbons (Fsp3) is 0.588. The first-order chi connectivity index (χ1) is 10.5. The summed E-state index contributed by atoms with van der Waals surface area (Å²) in [4.78, 5) is 16.9. The lowest BCUT2D eigenvalue weighted by Crippen LogP contribution is -2.53. The van der Waals surface area contributed by atoms with Gasteiger partial charge >= 0.3 is 0 Å². The molecule has 1 heterocycles. The van der Waals surface area contributed by atoms with E-state index in [0.29, 0.717) is 0 Å². The van der Waals surface area contributed by atoms with Crippen molar-refractivity contribution in [3.05, 3.63) is 29.3 Å². The molecule has 0 aromatic heterocycles. The lowest BCUT2D eigenvalue weighted by atomic mass is 10.1. The van der Waals surface area contributed by atoms with Crippen LogP contribution in [0.3, 0.4) is 0 Å². The van der Waals surface area contributed by atoms with Gasteiger partial charge in [0.25, 0.3) is 0 Å². The number of amides is 1. The minimum atomic E-state index is -0.142. The maximum Gasteiger partial charge on any atom is 0.241 e. The molecule has 1 aromatic rings. The first-order valence-corrected chi connectivity index (χ1v) is 7.97. The number of aryl methyl sites for hydroxylation is 1. The molecule has 1 aromatic carbocycles. The van der Waals surface area contributed by atoms with E-state index in [1.54, 1.807) is 0 Å². The molecule has 0 bridgehead atoms. The number of carbonyl (C=O) groups excluding carboxylic acids is 1. The lowest BCUT2D eigenvalue weighted by molar-refractivity contribution is -0.121. The number of piperazine rings is 1. The quantitative estimate of drug-likeness (QED) is 0.859. The molecule has 0 aliphatic carbocycles. The Morgan fingerprint density at radius 3 is 2.59 bits per heavy atom. The molecule has 22 heavy (non-hydrogen) atoms. The van der Waals surface area contributed by atoms with Crippen LogP contribution in [0.25, 0.3) is 0 Å². The minimum absolute atomic E-state index is 0.0457. The predicted molar refractivity (Wildman–Crippen MR) is 89.1 cm³/mol. The molecule has 2 N–H and O–H groups in total. The van der Waals surface area contributed by atoms with E-state index < -0.39 is 0 Å². The van der Waals surface area contributed by atoms with Crippen LogP contribution in [0.4, 0.5) is 5.69 Å². The fourth-order valence-corrected chi connectivity index (χ4v) is 2.81. The second-order valence-corrected chi connectivity index (χ2v) is 6.01. The Morgan fingerprint density at radius 2 is 1.95 bits per heavy atom. The van der Waals surface area contributed by atoms with Gasteiger partial charge in [-0.15, -0.1) is 0 Å². The molecular formula is C17H27N3O2. The van der Waals surface area contributed by atoms with Gasteiger partial charge in [-0.2, -0.15) is 0 Å². The van der Waals surface area contributed by atoms with Gasteiger partial charge in [-0.1, -0.05) is 12.1 Å². The van der Waals surface area contributed by atoms with Crippen molar-refractivity contribution in [3.63, 3.8) is 0 Å². The Bertz CT molecular complexity index is 511. The van der Waals surface area contributed by atoms with E-state index in [1.807, 2.05) is 26.0 Å². The molecule has 5 heteroatoms. The number of aliphatic hydroxyl groups excluding tert-OH is 1. The van der Waals surface area contributed by atoms with Crippen molar-refractivity contribution in [2.24, 2.45) is 0 Å². The average Bonchev–Trinajstić information content (AvgIpc) is 2.52. The zero-order chi connectivity index (χ0) is 16.1. The Labute approximate surface area is 132 Å². The highest BCUT2D eigenvalue weighted by Crippen LogP contribution is 2.19. The van der Waals surface area contributed by atoms with Gasteiger partial charge in [0.05, 0.1) is 12.6 Å². The van der Waals surface area contributed by atoms with E-state index >= 15 is 0 Å². The topological polar surface area (TPSA) is 55.8 Å². The molecule has 2 rings (SSSR count). The summed E-state index contributed by atoms with van der Waals surface area (Å²) in [5, 5.41) is 12.0. The molecule has 1 atom stereocenters. The monoisotopic (exact) mass is 305 g/mol. The van der Waals surface area contributed by atoms with Gasteiger partial charge in [0, 0.05) is 38.4 Å². The largest absolute Gasteiger partial charge is 0.395 e. The van der Waals surface area contributed by atoms with Gasteiger partial charge in [0.1, 0.15) is 0 Å². The van der Waals surface area contributed by atoms with Crippen molar-refractivity contribution in [1.29, 1.82) is 0 Å². The van der Waals surface area contributed by atoms with Crippen LogP contribution in [0.5, 0.6) is 0 Å². The molecule has 1 amide bonds. The number of rotatable bonds is 5. The standard InChI is InChI=1S/C17H27N3O2/c1-13-5-4-6-16(14(13)2)18-17(22)15(3)20-9-7-19(8-10-20)11-12-21/h4-6,15,21H,7-12H2,1-3H3,(H,18,22). The van der Waals surface area contributed by atoms with E-state index in [1.165, 1.54) is 5.56 Å². The zero-order valence-corrected chi connectivity index (χ0v) is 13.8. The van der Waals surface area contributed by atoms with E-state index in [-0.39, 0.29) is 18.6 Å². The smallest absolute Gasteiger partial charge is 0.241 e. The molecular weight excluding hydrogens is 278 g/mol. The first-order valence-electron chi connectivity index (χ1n) is 7.97. The number of aliphatic hydroxyl groups is 1. The Balaban J connectivity index is 1.91. The van der Waals surface area contributed by atoms with Crippen LogP contribution in [-0.2, 0) is 4.79 Å². The van der Waals surface area contributed by atoms with E-state index in [9.17, 15) is 4.79 Å². The maximum absolute atomic E-state index is 12.5. The van der Waals surface area contributed by atoms with Gasteiger partial charge in [0.2, 0.25) is 5.91 Å². The number of nitrogens with one attached hydrogen (secondary N) is 1. The molecule has 1 aliphatic heterocycles. The van der Waals surface area contributed by atoms with Crippen molar-refractivity contribution in [2.45, 2.75) is 26.8 Å². The van der Waals surface area contributed by atoms with Crippen molar-refractivity contribution in [2.75, 3.05) is 44.6 Å². The summed E-state index contributed by atoms with van der Waals surface area (Å²) < 4.78 is 0. The number of hydrogen-bond acceptors (Lipinski definition) is 4. The third kappa shape index (κ3) is 4.06. The second-order valence-electron chi connectivity index (χ2n) is 6.01. The first kappa shape index (κ1) is 16.9. The highest BCUT2D eigenvalue weighted by Gasteiger charge is 2.25. The third-order valence-corrected chi connectivity index (χ3v) is 4.61. The normalized spacial score (nSPS) is 18.2. The molecule has 0 spiro atoms. The molecule has 1 aliphatic rings. The van der Waals surface area contributed by atoms with Crippen molar-refractivity contribution < 1.29 is 9.90 Å². The molecule has 5 nitrogen and oxygen atoms in total. The highest BCUT2D eigenvalue weighted by atomic mass is 16.3. The number of β-amino-alcohol motifs (C(OH)–C–C–N with tert-alkyl or cyclic N) is 1. The number of benzene rings is 1. The Morgan fingerprint density at radius 1 is 1.27 bits per heavy atom. The molecule has 0 saturated carbocycles. The summed E-state index contributed by atoms with van der Waals surface area (Å²) in [5.74, 6) is 0.0457. The van der Waals surface area contributed by atoms with Gasteiger partial charge < -0.3 is 10.4 Å². The SMILES string of the molecule is Cc1cccc(NC(=O)C(C)N2CCN(CCO)CC2)c1C. The fourth-order valence-electron chi connectivity index (χ4n) is 2.81. The van der Waals surface area contributed by atoms with Gasteiger partial charge in [-0.25, -0.2) is 0 Å². The molecule has 1 saturated heterocycles.